The predicted molar refractivity (Wildman–Crippen MR) is 72.9 cm³/mol. The summed E-state index contributed by atoms with van der Waals surface area (Å²) in [6.07, 6.45) is -2.33. The maximum Gasteiger partial charge on any atom is 0.416 e. The molecule has 1 aromatic carbocycles. The molecule has 2 N–H and O–H groups in total. The van der Waals surface area contributed by atoms with Crippen molar-refractivity contribution in [2.24, 2.45) is 5.73 Å². The smallest absolute Gasteiger partial charge is 0.416 e. The van der Waals surface area contributed by atoms with E-state index in [-0.39, 0.29) is 0 Å². The lowest BCUT2D eigenvalue weighted by Crippen LogP contribution is -2.15. The molecule has 6 heteroatoms. The number of nitrogens with zero attached hydrogens (tertiary/aromatic N) is 1. The average Bonchev–Trinajstić information content (AvgIpc) is 2.46. The maximum absolute atomic E-state index is 12.5. The van der Waals surface area contributed by atoms with E-state index in [2.05, 4.69) is 4.98 Å². The van der Waals surface area contributed by atoms with Crippen molar-refractivity contribution < 1.29 is 17.9 Å². The van der Waals surface area contributed by atoms with Gasteiger partial charge in [0.15, 0.2) is 0 Å². The zero-order valence-electron chi connectivity index (χ0n) is 11.4. The molecule has 0 radical (unpaired) electrons. The molecule has 0 saturated heterocycles. The predicted octanol–water partition coefficient (Wildman–Crippen LogP) is 3.35. The molecule has 0 fully saturated rings. The normalized spacial score (nSPS) is 13.0. The summed E-state index contributed by atoms with van der Waals surface area (Å²) >= 11 is 0. The lowest BCUT2D eigenvalue weighted by molar-refractivity contribution is -0.137. The van der Waals surface area contributed by atoms with Crippen molar-refractivity contribution in [3.8, 4) is 5.88 Å². The second kappa shape index (κ2) is 6.13. The van der Waals surface area contributed by atoms with E-state index in [4.69, 9.17) is 10.5 Å². The van der Waals surface area contributed by atoms with Crippen LogP contribution in [0.15, 0.2) is 42.6 Å². The third kappa shape index (κ3) is 3.72. The summed E-state index contributed by atoms with van der Waals surface area (Å²) < 4.78 is 42.6. The highest BCUT2D eigenvalue weighted by Crippen LogP contribution is 2.30. The van der Waals surface area contributed by atoms with Crippen LogP contribution in [0.1, 0.15) is 22.7 Å². The molecule has 3 nitrogen and oxygen atoms in total. The SMILES string of the molecule is COc1ncccc1C(N)Cc1ccc(C(F)(F)F)cc1. The van der Waals surface area contributed by atoms with Gasteiger partial charge >= 0.3 is 6.18 Å². The Kier molecular flexibility index (Phi) is 4.47. The zero-order chi connectivity index (χ0) is 15.5. The van der Waals surface area contributed by atoms with Crippen LogP contribution in [0.4, 0.5) is 13.2 Å². The molecule has 0 amide bonds. The second-order valence-corrected chi connectivity index (χ2v) is 4.61. The molecule has 0 bridgehead atoms. The van der Waals surface area contributed by atoms with Crippen LogP contribution in [-0.4, -0.2) is 12.1 Å². The van der Waals surface area contributed by atoms with Crippen LogP contribution >= 0.6 is 0 Å². The topological polar surface area (TPSA) is 48.1 Å². The van der Waals surface area contributed by atoms with Gasteiger partial charge in [-0.15, -0.1) is 0 Å². The molecule has 0 aliphatic rings. The zero-order valence-corrected chi connectivity index (χ0v) is 11.4. The minimum atomic E-state index is -4.33. The Morgan fingerprint density at radius 3 is 2.43 bits per heavy atom. The van der Waals surface area contributed by atoms with Crippen LogP contribution in [0.3, 0.4) is 0 Å². The molecule has 0 aliphatic heterocycles. The first kappa shape index (κ1) is 15.3. The summed E-state index contributed by atoms with van der Waals surface area (Å²) in [5, 5.41) is 0. The fourth-order valence-electron chi connectivity index (χ4n) is 2.05. The number of nitrogens with two attached hydrogens (primary N) is 1. The van der Waals surface area contributed by atoms with Crippen LogP contribution in [0.5, 0.6) is 5.88 Å². The van der Waals surface area contributed by atoms with Gasteiger partial charge in [-0.3, -0.25) is 0 Å². The quantitative estimate of drug-likeness (QED) is 0.941. The first-order valence-corrected chi connectivity index (χ1v) is 6.32. The Bertz CT molecular complexity index is 597. The van der Waals surface area contributed by atoms with Crippen LogP contribution in [0, 0.1) is 0 Å². The lowest BCUT2D eigenvalue weighted by Gasteiger charge is -2.15. The van der Waals surface area contributed by atoms with Gasteiger partial charge in [0.1, 0.15) is 0 Å². The number of hydrogen-bond acceptors (Lipinski definition) is 3. The van der Waals surface area contributed by atoms with Gasteiger partial charge in [0.2, 0.25) is 5.88 Å². The number of rotatable bonds is 4. The fourth-order valence-corrected chi connectivity index (χ4v) is 2.05. The maximum atomic E-state index is 12.5. The molecule has 1 aromatic heterocycles. The van der Waals surface area contributed by atoms with E-state index in [1.807, 2.05) is 0 Å². The van der Waals surface area contributed by atoms with E-state index in [0.717, 1.165) is 23.3 Å². The molecule has 0 aliphatic carbocycles. The highest BCUT2D eigenvalue weighted by Gasteiger charge is 2.30. The molecule has 21 heavy (non-hydrogen) atoms. The number of aromatic nitrogens is 1. The van der Waals surface area contributed by atoms with E-state index < -0.39 is 17.8 Å². The van der Waals surface area contributed by atoms with Crippen LogP contribution in [-0.2, 0) is 12.6 Å². The number of methoxy groups -OCH3 is 1. The Morgan fingerprint density at radius 2 is 1.86 bits per heavy atom. The van der Waals surface area contributed by atoms with Gasteiger partial charge in [-0.25, -0.2) is 4.98 Å². The number of pyridine rings is 1. The average molecular weight is 296 g/mol. The Morgan fingerprint density at radius 1 is 1.19 bits per heavy atom. The summed E-state index contributed by atoms with van der Waals surface area (Å²) in [6, 6.07) is 8.12. The lowest BCUT2D eigenvalue weighted by atomic mass is 9.99. The van der Waals surface area contributed by atoms with Crippen molar-refractivity contribution in [1.29, 1.82) is 0 Å². The minimum absolute atomic E-state index is 0.398. The van der Waals surface area contributed by atoms with Crippen molar-refractivity contribution >= 4 is 0 Å². The summed E-state index contributed by atoms with van der Waals surface area (Å²) in [6.45, 7) is 0. The molecule has 112 valence electrons. The Labute approximate surface area is 120 Å². The number of benzene rings is 1. The minimum Gasteiger partial charge on any atom is -0.481 e. The summed E-state index contributed by atoms with van der Waals surface area (Å²) in [7, 11) is 1.50. The molecular formula is C15H15F3N2O. The van der Waals surface area contributed by atoms with Crippen molar-refractivity contribution in [2.75, 3.05) is 7.11 Å². The van der Waals surface area contributed by atoms with Gasteiger partial charge in [0, 0.05) is 17.8 Å². The van der Waals surface area contributed by atoms with Gasteiger partial charge in [-0.05, 0) is 30.2 Å². The van der Waals surface area contributed by atoms with Gasteiger partial charge < -0.3 is 10.5 Å². The van der Waals surface area contributed by atoms with E-state index >= 15 is 0 Å². The molecular weight excluding hydrogens is 281 g/mol. The van der Waals surface area contributed by atoms with E-state index in [1.54, 1.807) is 18.3 Å². The second-order valence-electron chi connectivity index (χ2n) is 4.61. The Balaban J connectivity index is 2.14. The first-order valence-electron chi connectivity index (χ1n) is 6.32. The van der Waals surface area contributed by atoms with Crippen LogP contribution in [0.2, 0.25) is 0 Å². The number of alkyl halides is 3. The molecule has 0 saturated carbocycles. The largest absolute Gasteiger partial charge is 0.481 e. The standard InChI is InChI=1S/C15H15F3N2O/c1-21-14-12(3-2-8-20-14)13(19)9-10-4-6-11(7-5-10)15(16,17)18/h2-8,13H,9,19H2,1H3. The monoisotopic (exact) mass is 296 g/mol. The molecule has 1 heterocycles. The van der Waals surface area contributed by atoms with Gasteiger partial charge in [-0.1, -0.05) is 18.2 Å². The Hall–Kier alpha value is -2.08. The highest BCUT2D eigenvalue weighted by molar-refractivity contribution is 5.31. The van der Waals surface area contributed by atoms with Crippen molar-refractivity contribution in [1.82, 2.24) is 4.98 Å². The van der Waals surface area contributed by atoms with E-state index in [0.29, 0.717) is 12.3 Å². The number of ether oxygens (including phenoxy) is 1. The molecule has 2 aromatic rings. The molecule has 0 spiro atoms. The number of halogens is 3. The van der Waals surface area contributed by atoms with E-state index in [9.17, 15) is 13.2 Å². The fraction of sp³-hybridized carbons (Fsp3) is 0.267. The summed E-state index contributed by atoms with van der Waals surface area (Å²) in [5.41, 5.74) is 6.86. The van der Waals surface area contributed by atoms with Crippen molar-refractivity contribution in [3.63, 3.8) is 0 Å². The van der Waals surface area contributed by atoms with Gasteiger partial charge in [0.25, 0.3) is 0 Å². The van der Waals surface area contributed by atoms with Crippen molar-refractivity contribution in [2.45, 2.75) is 18.6 Å². The van der Waals surface area contributed by atoms with Crippen LogP contribution < -0.4 is 10.5 Å². The summed E-state index contributed by atoms with van der Waals surface area (Å²) in [4.78, 5) is 4.06. The van der Waals surface area contributed by atoms with Crippen molar-refractivity contribution in [3.05, 3.63) is 59.3 Å². The molecule has 1 unspecified atom stereocenters. The first-order chi connectivity index (χ1) is 9.91. The third-order valence-corrected chi connectivity index (χ3v) is 3.13. The molecule has 2 rings (SSSR count). The van der Waals surface area contributed by atoms with Gasteiger partial charge in [0.05, 0.1) is 12.7 Å². The number of hydrogen-bond donors (Lipinski definition) is 1. The van der Waals surface area contributed by atoms with E-state index in [1.165, 1.54) is 19.2 Å². The highest BCUT2D eigenvalue weighted by atomic mass is 19.4. The third-order valence-electron chi connectivity index (χ3n) is 3.13. The van der Waals surface area contributed by atoms with Gasteiger partial charge in [-0.2, -0.15) is 13.2 Å². The molecule has 1 atom stereocenters. The summed E-state index contributed by atoms with van der Waals surface area (Å²) in [5.74, 6) is 0.428. The van der Waals surface area contributed by atoms with Crippen LogP contribution in [0.25, 0.3) is 0 Å².